The number of fused-ring (bicyclic) bond motifs is 4. The van der Waals surface area contributed by atoms with Crippen molar-refractivity contribution < 1.29 is 0 Å². The molecule has 2 fully saturated rings. The topological polar surface area (TPSA) is 0 Å². The molecule has 0 spiro atoms. The number of allylic oxidation sites excluding steroid dienone is 4. The molecule has 0 aromatic carbocycles. The van der Waals surface area contributed by atoms with Crippen LogP contribution in [0.15, 0.2) is 23.3 Å². The van der Waals surface area contributed by atoms with Crippen LogP contribution in [0.4, 0.5) is 0 Å². The Morgan fingerprint density at radius 2 is 1.75 bits per heavy atom. The van der Waals surface area contributed by atoms with Gasteiger partial charge in [0, 0.05) is 0 Å². The molecule has 2 unspecified atom stereocenters. The summed E-state index contributed by atoms with van der Waals surface area (Å²) in [5.41, 5.74) is 3.41. The van der Waals surface area contributed by atoms with E-state index >= 15 is 0 Å². The Balaban J connectivity index is 2.23. The molecular formula is C8H8. The average molecular weight is 104 g/mol. The maximum atomic E-state index is 2.39. The third kappa shape index (κ3) is 0.199. The van der Waals surface area contributed by atoms with Crippen molar-refractivity contribution in [2.24, 2.45) is 11.8 Å². The van der Waals surface area contributed by atoms with Crippen LogP contribution in [-0.2, 0) is 0 Å². The van der Waals surface area contributed by atoms with Crippen LogP contribution >= 0.6 is 0 Å². The summed E-state index contributed by atoms with van der Waals surface area (Å²) in [5.74, 6) is 2.09. The second-order valence-electron chi connectivity index (χ2n) is 3.00. The third-order valence-electron chi connectivity index (χ3n) is 2.60. The van der Waals surface area contributed by atoms with Crippen molar-refractivity contribution in [2.45, 2.75) is 12.8 Å². The zero-order valence-corrected chi connectivity index (χ0v) is 4.72. The van der Waals surface area contributed by atoms with Crippen LogP contribution in [0.3, 0.4) is 0 Å². The van der Waals surface area contributed by atoms with E-state index in [2.05, 4.69) is 12.2 Å². The van der Waals surface area contributed by atoms with Gasteiger partial charge in [-0.05, 0) is 35.8 Å². The maximum Gasteiger partial charge on any atom is -0.00872 e. The van der Waals surface area contributed by atoms with Crippen molar-refractivity contribution in [3.8, 4) is 0 Å². The smallest absolute Gasteiger partial charge is 0.00872 e. The molecule has 0 saturated heterocycles. The highest BCUT2D eigenvalue weighted by Crippen LogP contribution is 2.64. The first-order valence-electron chi connectivity index (χ1n) is 3.37. The van der Waals surface area contributed by atoms with E-state index < -0.39 is 0 Å². The van der Waals surface area contributed by atoms with Gasteiger partial charge in [-0.25, -0.2) is 0 Å². The van der Waals surface area contributed by atoms with E-state index in [1.54, 1.807) is 11.1 Å². The van der Waals surface area contributed by atoms with Crippen LogP contribution in [0, 0.1) is 11.8 Å². The summed E-state index contributed by atoms with van der Waals surface area (Å²) in [5, 5.41) is 0. The van der Waals surface area contributed by atoms with Gasteiger partial charge in [0.1, 0.15) is 0 Å². The molecule has 2 saturated carbocycles. The van der Waals surface area contributed by atoms with Gasteiger partial charge >= 0.3 is 0 Å². The molecule has 3 rings (SSSR count). The number of hydrogen-bond donors (Lipinski definition) is 0. The first kappa shape index (κ1) is 3.49. The van der Waals surface area contributed by atoms with E-state index in [1.165, 1.54) is 12.8 Å². The van der Waals surface area contributed by atoms with Crippen molar-refractivity contribution in [3.05, 3.63) is 23.3 Å². The summed E-state index contributed by atoms with van der Waals surface area (Å²) in [6, 6.07) is 0. The summed E-state index contributed by atoms with van der Waals surface area (Å²) in [6.45, 7) is 0. The molecule has 0 amide bonds. The number of hydrogen-bond acceptors (Lipinski definition) is 0. The molecule has 0 radical (unpaired) electrons. The molecule has 0 N–H and O–H groups in total. The van der Waals surface area contributed by atoms with E-state index in [4.69, 9.17) is 0 Å². The second-order valence-corrected chi connectivity index (χ2v) is 3.00. The van der Waals surface area contributed by atoms with Crippen molar-refractivity contribution >= 4 is 0 Å². The standard InChI is InChI=1S/C8H8/c1-2-5-6(3-1)8-4-7(5)8/h2-3,7-8H,1,4H2. The molecule has 0 heterocycles. The summed E-state index contributed by atoms with van der Waals surface area (Å²) < 4.78 is 0. The zero-order chi connectivity index (χ0) is 5.14. The first-order valence-corrected chi connectivity index (χ1v) is 3.37. The van der Waals surface area contributed by atoms with Gasteiger partial charge < -0.3 is 0 Å². The predicted molar refractivity (Wildman–Crippen MR) is 32.4 cm³/mol. The van der Waals surface area contributed by atoms with Crippen molar-refractivity contribution in [1.29, 1.82) is 0 Å². The summed E-state index contributed by atoms with van der Waals surface area (Å²) in [4.78, 5) is 0. The van der Waals surface area contributed by atoms with E-state index in [0.717, 1.165) is 11.8 Å². The maximum absolute atomic E-state index is 2.39. The Hall–Kier alpha value is -0.520. The molecule has 0 aliphatic heterocycles. The highest BCUT2D eigenvalue weighted by molar-refractivity contribution is 5.56. The van der Waals surface area contributed by atoms with Gasteiger partial charge in [-0.2, -0.15) is 0 Å². The fourth-order valence-corrected chi connectivity index (χ4v) is 2.07. The van der Waals surface area contributed by atoms with Gasteiger partial charge in [0.15, 0.2) is 0 Å². The van der Waals surface area contributed by atoms with Gasteiger partial charge in [-0.3, -0.25) is 0 Å². The highest BCUT2D eigenvalue weighted by Gasteiger charge is 2.54. The highest BCUT2D eigenvalue weighted by atomic mass is 14.6. The lowest BCUT2D eigenvalue weighted by Crippen LogP contribution is -2.04. The molecule has 0 aromatic heterocycles. The lowest BCUT2D eigenvalue weighted by atomic mass is 9.89. The van der Waals surface area contributed by atoms with Crippen LogP contribution in [0.25, 0.3) is 0 Å². The molecule has 0 bridgehead atoms. The van der Waals surface area contributed by atoms with Crippen LogP contribution in [0.2, 0.25) is 0 Å². The minimum absolute atomic E-state index is 1.05. The van der Waals surface area contributed by atoms with Gasteiger partial charge in [0.05, 0.1) is 0 Å². The lowest BCUT2D eigenvalue weighted by molar-refractivity contribution is 0.786. The Morgan fingerprint density at radius 1 is 1.12 bits per heavy atom. The predicted octanol–water partition coefficient (Wildman–Crippen LogP) is 1.89. The van der Waals surface area contributed by atoms with Gasteiger partial charge in [-0.15, -0.1) is 0 Å². The lowest BCUT2D eigenvalue weighted by Gasteiger charge is -2.16. The van der Waals surface area contributed by atoms with Gasteiger partial charge in [0.25, 0.3) is 0 Å². The van der Waals surface area contributed by atoms with Crippen LogP contribution in [0.5, 0.6) is 0 Å². The van der Waals surface area contributed by atoms with Crippen LogP contribution < -0.4 is 0 Å². The molecule has 3 aliphatic rings. The van der Waals surface area contributed by atoms with E-state index in [0.29, 0.717) is 0 Å². The Labute approximate surface area is 48.9 Å². The normalized spacial score (nSPS) is 46.0. The Kier molecular flexibility index (Phi) is 0.355. The minimum atomic E-state index is 1.05. The van der Waals surface area contributed by atoms with E-state index in [1.807, 2.05) is 0 Å². The molecule has 0 heteroatoms. The van der Waals surface area contributed by atoms with Crippen molar-refractivity contribution in [3.63, 3.8) is 0 Å². The number of rotatable bonds is 0. The second kappa shape index (κ2) is 0.812. The SMILES string of the molecule is C1=C2C(=CC1)C1CC21. The Morgan fingerprint density at radius 3 is 2.38 bits per heavy atom. The van der Waals surface area contributed by atoms with Crippen molar-refractivity contribution in [1.82, 2.24) is 0 Å². The molecule has 0 aromatic rings. The van der Waals surface area contributed by atoms with Gasteiger partial charge in [-0.1, -0.05) is 12.2 Å². The zero-order valence-electron chi connectivity index (χ0n) is 4.72. The van der Waals surface area contributed by atoms with E-state index in [-0.39, 0.29) is 0 Å². The quantitative estimate of drug-likeness (QED) is 0.440. The molecular weight excluding hydrogens is 96.1 g/mol. The van der Waals surface area contributed by atoms with Crippen molar-refractivity contribution in [2.75, 3.05) is 0 Å². The van der Waals surface area contributed by atoms with E-state index in [9.17, 15) is 0 Å². The summed E-state index contributed by atoms with van der Waals surface area (Å²) in [7, 11) is 0. The van der Waals surface area contributed by atoms with Crippen LogP contribution in [0.1, 0.15) is 12.8 Å². The first-order chi connectivity index (χ1) is 3.97. The average Bonchev–Trinajstić information content (AvgIpc) is 2.34. The van der Waals surface area contributed by atoms with Crippen LogP contribution in [-0.4, -0.2) is 0 Å². The molecule has 0 nitrogen and oxygen atoms in total. The monoisotopic (exact) mass is 104 g/mol. The summed E-state index contributed by atoms with van der Waals surface area (Å²) in [6.07, 6.45) is 7.50. The van der Waals surface area contributed by atoms with Gasteiger partial charge in [0.2, 0.25) is 0 Å². The summed E-state index contributed by atoms with van der Waals surface area (Å²) >= 11 is 0. The third-order valence-corrected chi connectivity index (χ3v) is 2.60. The Bertz CT molecular complexity index is 186. The fourth-order valence-electron chi connectivity index (χ4n) is 2.07. The fraction of sp³-hybridized carbons (Fsp3) is 0.500. The molecule has 40 valence electrons. The minimum Gasteiger partial charge on any atom is -0.0769 e. The largest absolute Gasteiger partial charge is 0.0769 e. The molecule has 8 heavy (non-hydrogen) atoms. The molecule has 3 aliphatic carbocycles. The molecule has 2 atom stereocenters.